The quantitative estimate of drug-likeness (QED) is 0.575. The van der Waals surface area contributed by atoms with Crippen LogP contribution in [0, 0.1) is 10.1 Å². The van der Waals surface area contributed by atoms with E-state index < -0.39 is 4.92 Å². The third kappa shape index (κ3) is 4.01. The van der Waals surface area contributed by atoms with Gasteiger partial charge in [-0.3, -0.25) is 10.1 Å². The van der Waals surface area contributed by atoms with Crippen molar-refractivity contribution in [3.63, 3.8) is 0 Å². The lowest BCUT2D eigenvalue weighted by molar-refractivity contribution is -0.385. The summed E-state index contributed by atoms with van der Waals surface area (Å²) in [5.41, 5.74) is -0.181. The number of ether oxygens (including phenoxy) is 1. The van der Waals surface area contributed by atoms with Crippen molar-refractivity contribution < 1.29 is 9.66 Å². The molecule has 1 aromatic rings. The van der Waals surface area contributed by atoms with Gasteiger partial charge in [0.15, 0.2) is 0 Å². The molecule has 1 aliphatic carbocycles. The molecule has 0 radical (unpaired) electrons. The molecule has 8 heteroatoms. The zero-order valence-electron chi connectivity index (χ0n) is 12.6. The van der Waals surface area contributed by atoms with Crippen LogP contribution in [0.4, 0.5) is 11.5 Å². The predicted molar refractivity (Wildman–Crippen MR) is 78.9 cm³/mol. The number of nitrogens with zero attached hydrogens (tertiary/aromatic N) is 4. The van der Waals surface area contributed by atoms with Crippen LogP contribution in [0.15, 0.2) is 0 Å². The molecule has 2 rings (SSSR count). The molecule has 1 aromatic heterocycles. The molecule has 0 aromatic carbocycles. The van der Waals surface area contributed by atoms with E-state index >= 15 is 0 Å². The first kappa shape index (κ1) is 15.4. The van der Waals surface area contributed by atoms with Crippen molar-refractivity contribution in [1.82, 2.24) is 14.9 Å². The number of anilines is 1. The molecule has 1 fully saturated rings. The van der Waals surface area contributed by atoms with Crippen LogP contribution < -0.4 is 10.1 Å². The Hall–Kier alpha value is -1.96. The van der Waals surface area contributed by atoms with Crippen molar-refractivity contribution in [2.75, 3.05) is 39.1 Å². The third-order valence-corrected chi connectivity index (χ3v) is 3.13. The monoisotopic (exact) mass is 295 g/mol. The summed E-state index contributed by atoms with van der Waals surface area (Å²) in [5, 5.41) is 14.3. The Balaban J connectivity index is 2.30. The normalized spacial score (nSPS) is 14.3. The topological polar surface area (TPSA) is 93.4 Å². The fourth-order valence-corrected chi connectivity index (χ4v) is 1.90. The maximum absolute atomic E-state index is 11.3. The molecule has 0 amide bonds. The van der Waals surface area contributed by atoms with Gasteiger partial charge in [0.05, 0.1) is 11.5 Å². The minimum absolute atomic E-state index is 0.0618. The average molecular weight is 295 g/mol. The van der Waals surface area contributed by atoms with Crippen LogP contribution in [0.2, 0.25) is 0 Å². The van der Waals surface area contributed by atoms with Crippen LogP contribution in [0.5, 0.6) is 5.88 Å². The molecule has 0 bridgehead atoms. The molecule has 8 nitrogen and oxygen atoms in total. The summed E-state index contributed by atoms with van der Waals surface area (Å²) < 4.78 is 5.34. The van der Waals surface area contributed by atoms with E-state index in [0.29, 0.717) is 24.9 Å². The van der Waals surface area contributed by atoms with Crippen molar-refractivity contribution in [1.29, 1.82) is 0 Å². The molecule has 1 heterocycles. The average Bonchev–Trinajstić information content (AvgIpc) is 3.22. The van der Waals surface area contributed by atoms with Gasteiger partial charge in [-0.2, -0.15) is 4.98 Å². The minimum atomic E-state index is -0.486. The number of rotatable bonds is 8. The van der Waals surface area contributed by atoms with Gasteiger partial charge in [-0.1, -0.05) is 0 Å². The zero-order valence-corrected chi connectivity index (χ0v) is 12.6. The molecule has 1 aliphatic rings. The number of hydrogen-bond donors (Lipinski definition) is 1. The Morgan fingerprint density at radius 3 is 2.67 bits per heavy atom. The summed E-state index contributed by atoms with van der Waals surface area (Å²) in [6.07, 6.45) is 2.06. The highest BCUT2D eigenvalue weighted by Gasteiger charge is 2.32. The van der Waals surface area contributed by atoms with E-state index in [4.69, 9.17) is 4.74 Å². The Bertz CT molecular complexity index is 517. The van der Waals surface area contributed by atoms with Gasteiger partial charge in [0.2, 0.25) is 5.82 Å². The van der Waals surface area contributed by atoms with Crippen LogP contribution >= 0.6 is 0 Å². The number of hydrogen-bond acceptors (Lipinski definition) is 7. The maximum Gasteiger partial charge on any atom is 0.372 e. The second-order valence-corrected chi connectivity index (χ2v) is 5.28. The van der Waals surface area contributed by atoms with Crippen molar-refractivity contribution >= 4 is 11.5 Å². The van der Waals surface area contributed by atoms with E-state index in [1.807, 2.05) is 19.0 Å². The van der Waals surface area contributed by atoms with E-state index in [0.717, 1.165) is 19.4 Å². The van der Waals surface area contributed by atoms with Gasteiger partial charge in [0.25, 0.3) is 5.88 Å². The molecule has 0 unspecified atom stereocenters. The number of likely N-dealkylation sites (N-methyl/N-ethyl adjacent to an activating group) is 1. The highest BCUT2D eigenvalue weighted by atomic mass is 16.6. The lowest BCUT2D eigenvalue weighted by atomic mass is 10.3. The van der Waals surface area contributed by atoms with E-state index in [2.05, 4.69) is 15.3 Å². The lowest BCUT2D eigenvalue weighted by Gasteiger charge is -2.13. The van der Waals surface area contributed by atoms with Gasteiger partial charge >= 0.3 is 5.69 Å². The molecule has 0 atom stereocenters. The van der Waals surface area contributed by atoms with E-state index in [-0.39, 0.29) is 17.4 Å². The number of nitro groups is 1. The second kappa shape index (κ2) is 6.66. The van der Waals surface area contributed by atoms with Gasteiger partial charge < -0.3 is 15.0 Å². The molecular formula is C13H21N5O3. The number of nitrogens with one attached hydrogen (secondary N) is 1. The first-order chi connectivity index (χ1) is 10.0. The molecule has 1 saturated carbocycles. The van der Waals surface area contributed by atoms with Gasteiger partial charge in [-0.15, -0.1) is 0 Å². The van der Waals surface area contributed by atoms with Crippen molar-refractivity contribution in [2.45, 2.75) is 25.7 Å². The summed E-state index contributed by atoms with van der Waals surface area (Å²) in [7, 11) is 3.88. The third-order valence-electron chi connectivity index (χ3n) is 3.13. The van der Waals surface area contributed by atoms with Crippen molar-refractivity contribution in [3.05, 3.63) is 15.9 Å². The van der Waals surface area contributed by atoms with Crippen molar-refractivity contribution in [2.24, 2.45) is 0 Å². The van der Waals surface area contributed by atoms with Crippen LogP contribution in [-0.4, -0.2) is 53.6 Å². The highest BCUT2D eigenvalue weighted by molar-refractivity contribution is 5.62. The van der Waals surface area contributed by atoms with E-state index in [1.165, 1.54) is 0 Å². The standard InChI is InChI=1S/C13H21N5O3/c1-4-21-13-10(18(19)20)12(14-7-8-17(2)3)15-11(16-13)9-5-6-9/h9H,4-8H2,1-3H3,(H,14,15,16). The summed E-state index contributed by atoms with van der Waals surface area (Å²) in [4.78, 5) is 21.4. The van der Waals surface area contributed by atoms with Gasteiger partial charge in [0.1, 0.15) is 5.82 Å². The largest absolute Gasteiger partial charge is 0.473 e. The molecular weight excluding hydrogens is 274 g/mol. The van der Waals surface area contributed by atoms with Crippen LogP contribution in [0.3, 0.4) is 0 Å². The Kier molecular flexibility index (Phi) is 4.89. The first-order valence-electron chi connectivity index (χ1n) is 7.10. The highest BCUT2D eigenvalue weighted by Crippen LogP contribution is 2.41. The summed E-state index contributed by atoms with van der Waals surface area (Å²) in [5.74, 6) is 1.25. The summed E-state index contributed by atoms with van der Waals surface area (Å²) in [6, 6.07) is 0. The van der Waals surface area contributed by atoms with Gasteiger partial charge in [-0.05, 0) is 33.9 Å². The maximum atomic E-state index is 11.3. The van der Waals surface area contributed by atoms with Crippen LogP contribution in [0.1, 0.15) is 31.5 Å². The van der Waals surface area contributed by atoms with E-state index in [1.54, 1.807) is 6.92 Å². The fraction of sp³-hybridized carbons (Fsp3) is 0.692. The predicted octanol–water partition coefficient (Wildman–Crippen LogP) is 1.63. The fourth-order valence-electron chi connectivity index (χ4n) is 1.90. The Labute approximate surface area is 123 Å². The SMILES string of the molecule is CCOc1nc(C2CC2)nc(NCCN(C)C)c1[N+](=O)[O-]. The molecule has 116 valence electrons. The van der Waals surface area contributed by atoms with Crippen molar-refractivity contribution in [3.8, 4) is 5.88 Å². The minimum Gasteiger partial charge on any atom is -0.473 e. The van der Waals surface area contributed by atoms with Crippen LogP contribution in [-0.2, 0) is 0 Å². The Morgan fingerprint density at radius 2 is 2.14 bits per heavy atom. The van der Waals surface area contributed by atoms with Crippen LogP contribution in [0.25, 0.3) is 0 Å². The number of aromatic nitrogens is 2. The lowest BCUT2D eigenvalue weighted by Crippen LogP contribution is -2.22. The zero-order chi connectivity index (χ0) is 15.4. The summed E-state index contributed by atoms with van der Waals surface area (Å²) >= 11 is 0. The van der Waals surface area contributed by atoms with Gasteiger partial charge in [0, 0.05) is 19.0 Å². The molecule has 0 aliphatic heterocycles. The molecule has 1 N–H and O–H groups in total. The summed E-state index contributed by atoms with van der Waals surface area (Å²) in [6.45, 7) is 3.44. The molecule has 0 spiro atoms. The molecule has 21 heavy (non-hydrogen) atoms. The first-order valence-corrected chi connectivity index (χ1v) is 7.10. The molecule has 0 saturated heterocycles. The smallest absolute Gasteiger partial charge is 0.372 e. The Morgan fingerprint density at radius 1 is 1.43 bits per heavy atom. The second-order valence-electron chi connectivity index (χ2n) is 5.28. The van der Waals surface area contributed by atoms with E-state index in [9.17, 15) is 10.1 Å². The van der Waals surface area contributed by atoms with Gasteiger partial charge in [-0.25, -0.2) is 4.98 Å².